The molecule has 1 heterocycles. The SMILES string of the molecule is COc1ccc(Cl)cc1CNCc1ccc(C)nc1. The summed E-state index contributed by atoms with van der Waals surface area (Å²) in [4.78, 5) is 4.27. The number of aromatic nitrogens is 1. The van der Waals surface area contributed by atoms with Crippen LogP contribution >= 0.6 is 11.6 Å². The number of benzene rings is 1. The van der Waals surface area contributed by atoms with Crippen molar-refractivity contribution >= 4 is 11.6 Å². The molecule has 0 bridgehead atoms. The van der Waals surface area contributed by atoms with Crippen LogP contribution in [0.4, 0.5) is 0 Å². The van der Waals surface area contributed by atoms with Gasteiger partial charge in [0.2, 0.25) is 0 Å². The highest BCUT2D eigenvalue weighted by Crippen LogP contribution is 2.22. The van der Waals surface area contributed by atoms with Crippen molar-refractivity contribution in [3.05, 3.63) is 58.4 Å². The van der Waals surface area contributed by atoms with Gasteiger partial charge in [0.15, 0.2) is 0 Å². The van der Waals surface area contributed by atoms with Crippen molar-refractivity contribution in [1.29, 1.82) is 0 Å². The summed E-state index contributed by atoms with van der Waals surface area (Å²) in [5, 5.41) is 4.08. The maximum absolute atomic E-state index is 5.99. The van der Waals surface area contributed by atoms with Gasteiger partial charge >= 0.3 is 0 Å². The third-order valence-corrected chi connectivity index (χ3v) is 3.09. The number of hydrogen-bond acceptors (Lipinski definition) is 3. The second-order valence-corrected chi connectivity index (χ2v) is 4.80. The molecule has 2 aromatic rings. The summed E-state index contributed by atoms with van der Waals surface area (Å²) in [6.07, 6.45) is 1.89. The summed E-state index contributed by atoms with van der Waals surface area (Å²) in [5.41, 5.74) is 3.24. The number of nitrogens with one attached hydrogen (secondary N) is 1. The molecule has 0 amide bonds. The van der Waals surface area contributed by atoms with Crippen LogP contribution in [0, 0.1) is 6.92 Å². The fourth-order valence-electron chi connectivity index (χ4n) is 1.83. The monoisotopic (exact) mass is 276 g/mol. The first-order valence-electron chi connectivity index (χ1n) is 6.13. The van der Waals surface area contributed by atoms with Crippen molar-refractivity contribution in [2.24, 2.45) is 0 Å². The maximum Gasteiger partial charge on any atom is 0.123 e. The summed E-state index contributed by atoms with van der Waals surface area (Å²) in [7, 11) is 1.66. The Morgan fingerprint density at radius 2 is 2.05 bits per heavy atom. The van der Waals surface area contributed by atoms with Crippen molar-refractivity contribution in [1.82, 2.24) is 10.3 Å². The number of halogens is 1. The zero-order chi connectivity index (χ0) is 13.7. The van der Waals surface area contributed by atoms with E-state index in [0.29, 0.717) is 6.54 Å². The highest BCUT2D eigenvalue weighted by Gasteiger charge is 2.03. The van der Waals surface area contributed by atoms with Crippen molar-refractivity contribution in [3.8, 4) is 5.75 Å². The molecule has 0 radical (unpaired) electrons. The van der Waals surface area contributed by atoms with E-state index in [-0.39, 0.29) is 0 Å². The molecule has 0 aliphatic rings. The minimum Gasteiger partial charge on any atom is -0.496 e. The van der Waals surface area contributed by atoms with Gasteiger partial charge in [0.05, 0.1) is 7.11 Å². The van der Waals surface area contributed by atoms with Gasteiger partial charge in [0.1, 0.15) is 5.75 Å². The van der Waals surface area contributed by atoms with Gasteiger partial charge in [-0.2, -0.15) is 0 Å². The second kappa shape index (κ2) is 6.55. The van der Waals surface area contributed by atoms with Crippen molar-refractivity contribution in [3.63, 3.8) is 0 Å². The van der Waals surface area contributed by atoms with Gasteiger partial charge < -0.3 is 10.1 Å². The van der Waals surface area contributed by atoms with E-state index in [4.69, 9.17) is 16.3 Å². The maximum atomic E-state index is 5.99. The molecule has 1 aromatic heterocycles. The average molecular weight is 277 g/mol. The van der Waals surface area contributed by atoms with E-state index in [9.17, 15) is 0 Å². The number of methoxy groups -OCH3 is 1. The Labute approximate surface area is 118 Å². The van der Waals surface area contributed by atoms with E-state index in [1.54, 1.807) is 7.11 Å². The van der Waals surface area contributed by atoms with E-state index < -0.39 is 0 Å². The van der Waals surface area contributed by atoms with Gasteiger partial charge in [-0.3, -0.25) is 4.98 Å². The highest BCUT2D eigenvalue weighted by atomic mass is 35.5. The van der Waals surface area contributed by atoms with Gasteiger partial charge in [0, 0.05) is 35.6 Å². The van der Waals surface area contributed by atoms with E-state index in [1.807, 2.05) is 37.4 Å². The number of rotatable bonds is 5. The fraction of sp³-hybridized carbons (Fsp3) is 0.267. The quantitative estimate of drug-likeness (QED) is 0.909. The summed E-state index contributed by atoms with van der Waals surface area (Å²) in [6, 6.07) is 9.71. The third kappa shape index (κ3) is 3.94. The Hall–Kier alpha value is -1.58. The molecule has 0 saturated carbocycles. The molecule has 0 atom stereocenters. The fourth-order valence-corrected chi connectivity index (χ4v) is 2.02. The van der Waals surface area contributed by atoms with E-state index in [1.165, 1.54) is 0 Å². The van der Waals surface area contributed by atoms with Crippen LogP contribution in [0.3, 0.4) is 0 Å². The largest absolute Gasteiger partial charge is 0.496 e. The molecular formula is C15H17ClN2O. The van der Waals surface area contributed by atoms with E-state index in [2.05, 4.69) is 16.4 Å². The first-order chi connectivity index (χ1) is 9.19. The minimum atomic E-state index is 0.706. The predicted octanol–water partition coefficient (Wildman–Crippen LogP) is 3.34. The molecule has 4 heteroatoms. The smallest absolute Gasteiger partial charge is 0.123 e. The molecule has 1 aromatic carbocycles. The Kier molecular flexibility index (Phi) is 4.77. The lowest BCUT2D eigenvalue weighted by Gasteiger charge is -2.10. The molecular weight excluding hydrogens is 260 g/mol. The zero-order valence-electron chi connectivity index (χ0n) is 11.1. The topological polar surface area (TPSA) is 34.1 Å². The molecule has 100 valence electrons. The summed E-state index contributed by atoms with van der Waals surface area (Å²) >= 11 is 5.99. The predicted molar refractivity (Wildman–Crippen MR) is 77.5 cm³/mol. The van der Waals surface area contributed by atoms with Crippen LogP contribution in [0.2, 0.25) is 5.02 Å². The number of nitrogens with zero attached hydrogens (tertiary/aromatic N) is 1. The lowest BCUT2D eigenvalue weighted by atomic mass is 10.2. The van der Waals surface area contributed by atoms with Crippen molar-refractivity contribution in [2.45, 2.75) is 20.0 Å². The molecule has 0 saturated heterocycles. The van der Waals surface area contributed by atoms with Gasteiger partial charge in [-0.1, -0.05) is 17.7 Å². The Balaban J connectivity index is 1.95. The number of ether oxygens (including phenoxy) is 1. The summed E-state index contributed by atoms with van der Waals surface area (Å²) < 4.78 is 5.31. The zero-order valence-corrected chi connectivity index (χ0v) is 11.9. The molecule has 0 unspecified atom stereocenters. The number of pyridine rings is 1. The van der Waals surface area contributed by atoms with Crippen LogP contribution in [-0.2, 0) is 13.1 Å². The molecule has 19 heavy (non-hydrogen) atoms. The first-order valence-corrected chi connectivity index (χ1v) is 6.51. The Bertz CT molecular complexity index is 540. The van der Waals surface area contributed by atoms with E-state index in [0.717, 1.165) is 34.1 Å². The molecule has 0 spiro atoms. The van der Waals surface area contributed by atoms with Crippen LogP contribution in [0.25, 0.3) is 0 Å². The van der Waals surface area contributed by atoms with Gasteiger partial charge in [-0.25, -0.2) is 0 Å². The van der Waals surface area contributed by atoms with Gasteiger partial charge in [-0.15, -0.1) is 0 Å². The summed E-state index contributed by atoms with van der Waals surface area (Å²) in [6.45, 7) is 3.45. The Morgan fingerprint density at radius 1 is 1.21 bits per heavy atom. The highest BCUT2D eigenvalue weighted by molar-refractivity contribution is 6.30. The second-order valence-electron chi connectivity index (χ2n) is 4.37. The molecule has 3 nitrogen and oxygen atoms in total. The standard InChI is InChI=1S/C15H17ClN2O/c1-11-3-4-12(9-18-11)8-17-10-13-7-14(16)5-6-15(13)19-2/h3-7,9,17H,8,10H2,1-2H3. The van der Waals surface area contributed by atoms with Crippen LogP contribution in [0.15, 0.2) is 36.5 Å². The van der Waals surface area contributed by atoms with Crippen LogP contribution in [0.1, 0.15) is 16.8 Å². The molecule has 0 aliphatic carbocycles. The van der Waals surface area contributed by atoms with Crippen molar-refractivity contribution < 1.29 is 4.74 Å². The lowest BCUT2D eigenvalue weighted by Crippen LogP contribution is -2.13. The van der Waals surface area contributed by atoms with Crippen LogP contribution < -0.4 is 10.1 Å². The molecule has 1 N–H and O–H groups in total. The molecule has 0 aliphatic heterocycles. The summed E-state index contributed by atoms with van der Waals surface area (Å²) in [5.74, 6) is 0.846. The molecule has 2 rings (SSSR count). The Morgan fingerprint density at radius 3 is 2.74 bits per heavy atom. The molecule has 0 fully saturated rings. The number of aryl methyl sites for hydroxylation is 1. The first kappa shape index (κ1) is 13.8. The van der Waals surface area contributed by atoms with Crippen LogP contribution in [-0.4, -0.2) is 12.1 Å². The van der Waals surface area contributed by atoms with Gasteiger partial charge in [-0.05, 0) is 36.8 Å². The lowest BCUT2D eigenvalue weighted by molar-refractivity contribution is 0.407. The van der Waals surface area contributed by atoms with Crippen molar-refractivity contribution in [2.75, 3.05) is 7.11 Å². The van der Waals surface area contributed by atoms with Crippen LogP contribution in [0.5, 0.6) is 5.75 Å². The number of hydrogen-bond donors (Lipinski definition) is 1. The normalized spacial score (nSPS) is 10.5. The van der Waals surface area contributed by atoms with E-state index >= 15 is 0 Å². The average Bonchev–Trinajstić information content (AvgIpc) is 2.41. The minimum absolute atomic E-state index is 0.706. The van der Waals surface area contributed by atoms with Gasteiger partial charge in [0.25, 0.3) is 0 Å². The third-order valence-electron chi connectivity index (χ3n) is 2.86.